The molecule has 0 unspecified atom stereocenters. The molecule has 9 heteroatoms. The molecule has 2 aromatic heterocycles. The number of aromatic nitrogens is 4. The normalized spacial score (nSPS) is 25.9. The summed E-state index contributed by atoms with van der Waals surface area (Å²) in [6, 6.07) is 3.36. The van der Waals surface area contributed by atoms with E-state index in [9.17, 15) is 13.2 Å². The maximum Gasteiger partial charge on any atom is 0.453 e. The van der Waals surface area contributed by atoms with Gasteiger partial charge in [0.2, 0.25) is 0 Å². The van der Waals surface area contributed by atoms with E-state index in [-0.39, 0.29) is 17.8 Å². The third-order valence-corrected chi connectivity index (χ3v) is 3.70. The Morgan fingerprint density at radius 3 is 2.75 bits per heavy atom. The van der Waals surface area contributed by atoms with Crippen LogP contribution in [-0.4, -0.2) is 45.1 Å². The highest BCUT2D eigenvalue weighted by molar-refractivity contribution is 5.48. The molecule has 0 saturated carbocycles. The summed E-state index contributed by atoms with van der Waals surface area (Å²) in [4.78, 5) is 1.98. The van der Waals surface area contributed by atoms with Gasteiger partial charge >= 0.3 is 6.18 Å². The van der Waals surface area contributed by atoms with Crippen LogP contribution in [0.3, 0.4) is 0 Å². The van der Waals surface area contributed by atoms with Crippen molar-refractivity contribution in [1.82, 2.24) is 19.8 Å². The van der Waals surface area contributed by atoms with Crippen LogP contribution in [0.25, 0.3) is 5.65 Å². The van der Waals surface area contributed by atoms with Crippen LogP contribution in [0.1, 0.15) is 12.2 Å². The van der Waals surface area contributed by atoms with Crippen molar-refractivity contribution in [2.75, 3.05) is 18.1 Å². The van der Waals surface area contributed by atoms with Gasteiger partial charge in [-0.3, -0.25) is 0 Å². The Hall–Kier alpha value is -1.90. The van der Waals surface area contributed by atoms with Crippen LogP contribution in [0.2, 0.25) is 0 Å². The highest BCUT2D eigenvalue weighted by atomic mass is 19.4. The second kappa shape index (κ2) is 3.81. The van der Waals surface area contributed by atoms with Crippen LogP contribution in [-0.2, 0) is 10.9 Å². The number of ether oxygens (including phenoxy) is 1. The molecule has 2 aromatic rings. The third kappa shape index (κ3) is 1.65. The molecule has 0 radical (unpaired) electrons. The zero-order valence-electron chi connectivity index (χ0n) is 10.2. The van der Waals surface area contributed by atoms with Gasteiger partial charge in [0.15, 0.2) is 5.65 Å². The van der Waals surface area contributed by atoms with Gasteiger partial charge in [-0.15, -0.1) is 15.3 Å². The quantitative estimate of drug-likeness (QED) is 0.786. The van der Waals surface area contributed by atoms with Crippen LogP contribution in [0.15, 0.2) is 12.1 Å². The molecule has 2 atom stereocenters. The number of fused-ring (bicyclic) bond motifs is 3. The van der Waals surface area contributed by atoms with Crippen molar-refractivity contribution in [3.05, 3.63) is 18.0 Å². The van der Waals surface area contributed by atoms with Gasteiger partial charge < -0.3 is 9.64 Å². The number of rotatable bonds is 1. The molecular formula is C11H10F3N5O. The molecule has 2 bridgehead atoms. The van der Waals surface area contributed by atoms with Crippen molar-refractivity contribution in [2.45, 2.75) is 24.7 Å². The van der Waals surface area contributed by atoms with Crippen LogP contribution >= 0.6 is 0 Å². The van der Waals surface area contributed by atoms with Crippen molar-refractivity contribution < 1.29 is 17.9 Å². The second-order valence-electron chi connectivity index (χ2n) is 4.98. The Morgan fingerprint density at radius 1 is 1.25 bits per heavy atom. The molecule has 0 aromatic carbocycles. The lowest BCUT2D eigenvalue weighted by atomic mass is 10.2. The zero-order chi connectivity index (χ0) is 13.9. The first-order valence-electron chi connectivity index (χ1n) is 6.20. The van der Waals surface area contributed by atoms with Crippen LogP contribution in [0, 0.1) is 0 Å². The van der Waals surface area contributed by atoms with Gasteiger partial charge in [0.05, 0.1) is 18.8 Å². The molecule has 0 spiro atoms. The van der Waals surface area contributed by atoms with E-state index in [0.717, 1.165) is 10.9 Å². The van der Waals surface area contributed by atoms with E-state index in [1.165, 1.54) is 6.07 Å². The number of anilines is 1. The number of hydrogen-bond donors (Lipinski definition) is 0. The molecule has 2 saturated heterocycles. The number of hydrogen-bond acceptors (Lipinski definition) is 5. The monoisotopic (exact) mass is 285 g/mol. The molecule has 4 rings (SSSR count). The maximum atomic E-state index is 12.8. The van der Waals surface area contributed by atoms with Gasteiger partial charge in [-0.25, -0.2) is 0 Å². The third-order valence-electron chi connectivity index (χ3n) is 3.70. The lowest BCUT2D eigenvalue weighted by molar-refractivity contribution is -0.146. The van der Waals surface area contributed by atoms with Gasteiger partial charge in [0.1, 0.15) is 5.82 Å². The van der Waals surface area contributed by atoms with Crippen molar-refractivity contribution in [3.63, 3.8) is 0 Å². The first-order valence-corrected chi connectivity index (χ1v) is 6.20. The summed E-state index contributed by atoms with van der Waals surface area (Å²) >= 11 is 0. The van der Waals surface area contributed by atoms with Crippen molar-refractivity contribution in [2.24, 2.45) is 0 Å². The van der Waals surface area contributed by atoms with E-state index >= 15 is 0 Å². The molecule has 0 amide bonds. The van der Waals surface area contributed by atoms with E-state index in [1.807, 2.05) is 4.90 Å². The van der Waals surface area contributed by atoms with E-state index in [0.29, 0.717) is 19.0 Å². The van der Waals surface area contributed by atoms with Gasteiger partial charge in [0.25, 0.3) is 5.82 Å². The maximum absolute atomic E-state index is 12.8. The Balaban J connectivity index is 1.78. The minimum absolute atomic E-state index is 0.0849. The fraction of sp³-hybridized carbons (Fsp3) is 0.545. The van der Waals surface area contributed by atoms with Crippen LogP contribution < -0.4 is 4.90 Å². The van der Waals surface area contributed by atoms with E-state index < -0.39 is 12.0 Å². The molecule has 2 fully saturated rings. The Morgan fingerprint density at radius 2 is 2.10 bits per heavy atom. The van der Waals surface area contributed by atoms with Gasteiger partial charge in [0, 0.05) is 6.54 Å². The molecule has 20 heavy (non-hydrogen) atoms. The summed E-state index contributed by atoms with van der Waals surface area (Å²) in [6.07, 6.45) is -3.52. The molecule has 2 aliphatic rings. The second-order valence-corrected chi connectivity index (χ2v) is 4.98. The summed E-state index contributed by atoms with van der Waals surface area (Å²) in [6.45, 7) is 1.26. The summed E-state index contributed by atoms with van der Waals surface area (Å²) in [5.41, 5.74) is 0.0849. The van der Waals surface area contributed by atoms with E-state index in [2.05, 4.69) is 15.3 Å². The first kappa shape index (κ1) is 11.9. The fourth-order valence-corrected chi connectivity index (χ4v) is 2.79. The number of nitrogens with zero attached hydrogens (tertiary/aromatic N) is 5. The largest absolute Gasteiger partial charge is 0.453 e. The van der Waals surface area contributed by atoms with Crippen LogP contribution in [0.5, 0.6) is 0 Å². The minimum atomic E-state index is -4.57. The van der Waals surface area contributed by atoms with Crippen molar-refractivity contribution >= 4 is 11.5 Å². The molecule has 6 nitrogen and oxygen atoms in total. The van der Waals surface area contributed by atoms with E-state index in [1.54, 1.807) is 6.07 Å². The Labute approximate surface area is 111 Å². The van der Waals surface area contributed by atoms with Crippen molar-refractivity contribution in [3.8, 4) is 0 Å². The summed E-state index contributed by atoms with van der Waals surface area (Å²) < 4.78 is 44.7. The van der Waals surface area contributed by atoms with E-state index in [4.69, 9.17) is 4.74 Å². The molecule has 106 valence electrons. The average Bonchev–Trinajstić information content (AvgIpc) is 3.11. The number of morpholine rings is 1. The molecule has 4 heterocycles. The molecular weight excluding hydrogens is 275 g/mol. The molecule has 0 aliphatic carbocycles. The summed E-state index contributed by atoms with van der Waals surface area (Å²) in [5, 5.41) is 10.7. The summed E-state index contributed by atoms with van der Waals surface area (Å²) in [5.74, 6) is -0.603. The average molecular weight is 285 g/mol. The lowest BCUT2D eigenvalue weighted by Crippen LogP contribution is -2.37. The highest BCUT2D eigenvalue weighted by Gasteiger charge is 2.41. The van der Waals surface area contributed by atoms with Crippen LogP contribution in [0.4, 0.5) is 19.0 Å². The number of alkyl halides is 3. The van der Waals surface area contributed by atoms with Gasteiger partial charge in [-0.2, -0.15) is 17.7 Å². The molecule has 2 aliphatic heterocycles. The topological polar surface area (TPSA) is 55.5 Å². The lowest BCUT2D eigenvalue weighted by Gasteiger charge is -2.27. The minimum Gasteiger partial charge on any atom is -0.374 e. The predicted octanol–water partition coefficient (Wildman–Crippen LogP) is 1.12. The summed E-state index contributed by atoms with van der Waals surface area (Å²) in [7, 11) is 0. The highest BCUT2D eigenvalue weighted by Crippen LogP contribution is 2.32. The standard InChI is InChI=1S/C11H10F3N5O/c12-11(13,14)10-16-15-8-1-2-9(17-19(8)10)18-4-7-3-6(18)5-20-7/h1-2,6-7H,3-5H2/t6-,7+/m0/s1. The Bertz CT molecular complexity index is 670. The predicted molar refractivity (Wildman–Crippen MR) is 61.3 cm³/mol. The molecule has 0 N–H and O–H groups in total. The number of halogens is 3. The van der Waals surface area contributed by atoms with Gasteiger partial charge in [-0.1, -0.05) is 0 Å². The zero-order valence-corrected chi connectivity index (χ0v) is 10.2. The Kier molecular flexibility index (Phi) is 2.27. The van der Waals surface area contributed by atoms with Crippen molar-refractivity contribution in [1.29, 1.82) is 0 Å². The SMILES string of the molecule is FC(F)(F)c1nnc2ccc(N3C[C@H]4C[C@H]3CO4)nn12. The van der Waals surface area contributed by atoms with Gasteiger partial charge in [-0.05, 0) is 18.6 Å². The fourth-order valence-electron chi connectivity index (χ4n) is 2.79. The smallest absolute Gasteiger partial charge is 0.374 e. The first-order chi connectivity index (χ1) is 9.52.